The molecule has 1 aliphatic rings. The highest BCUT2D eigenvalue weighted by atomic mass is 32.2. The molecule has 0 atom stereocenters. The summed E-state index contributed by atoms with van der Waals surface area (Å²) < 4.78 is 66.1. The molecule has 7 nitrogen and oxygen atoms in total. The third-order valence-corrected chi connectivity index (χ3v) is 10.8. The summed E-state index contributed by atoms with van der Waals surface area (Å²) in [5, 5.41) is 5.71. The summed E-state index contributed by atoms with van der Waals surface area (Å²) in [4.78, 5) is 13.1. The van der Waals surface area contributed by atoms with Crippen molar-refractivity contribution < 1.29 is 31.0 Å². The van der Waals surface area contributed by atoms with Gasteiger partial charge >= 0.3 is 12.1 Å². The maximum absolute atomic E-state index is 12.7. The number of hydrogen-bond donors (Lipinski definition) is 2. The minimum atomic E-state index is -5.33. The molecule has 0 bridgehead atoms. The average molecular weight is 764 g/mol. The van der Waals surface area contributed by atoms with E-state index in [4.69, 9.17) is 0 Å². The van der Waals surface area contributed by atoms with Crippen molar-refractivity contribution in [1.29, 1.82) is 0 Å². The number of hydrogen-bond acceptors (Lipinski definition) is 5. The Hall–Kier alpha value is -5.94. The van der Waals surface area contributed by atoms with Crippen LogP contribution in [0.15, 0.2) is 144 Å². The second kappa shape index (κ2) is 16.2. The van der Waals surface area contributed by atoms with E-state index in [0.717, 1.165) is 73.6 Å². The Labute approximate surface area is 319 Å². The van der Waals surface area contributed by atoms with Crippen molar-refractivity contribution in [2.45, 2.75) is 38.8 Å². The molecule has 0 radical (unpaired) electrons. The van der Waals surface area contributed by atoms with E-state index in [1.54, 1.807) is 0 Å². The van der Waals surface area contributed by atoms with Crippen LogP contribution in [0.2, 0.25) is 0 Å². The summed E-state index contributed by atoms with van der Waals surface area (Å²) in [5.74, 6) is -2.55. The highest BCUT2D eigenvalue weighted by Gasteiger charge is 2.41. The Bertz CT molecular complexity index is 2430. The van der Waals surface area contributed by atoms with E-state index in [1.165, 1.54) is 29.8 Å². The number of nitrogens with zero attached hydrogens (tertiary/aromatic N) is 2. The van der Waals surface area contributed by atoms with Gasteiger partial charge in [0.2, 0.25) is 11.4 Å². The normalized spacial score (nSPS) is 12.9. The Kier molecular flexibility index (Phi) is 11.4. The molecule has 1 aliphatic carbocycles. The van der Waals surface area contributed by atoms with Crippen LogP contribution in [0.4, 0.5) is 35.9 Å². The van der Waals surface area contributed by atoms with E-state index >= 15 is 0 Å². The third-order valence-electron chi connectivity index (χ3n) is 9.42. The number of nitrogens with one attached hydrogen (secondary N) is 2. The van der Waals surface area contributed by atoms with Gasteiger partial charge in [-0.15, -0.1) is 0 Å². The predicted molar refractivity (Wildman–Crippen MR) is 216 cm³/mol. The SMILES string of the molecule is CCNc1ccc(C(=C2C=CC(=[N+](CC)c3ccc(S(=O)(=O)NC(=O)C(F)(F)F)cc3)C=C2)c2ccc(N(CC)c3ccc(C)cc3)cc2)c2ccccc12. The zero-order valence-electron chi connectivity index (χ0n) is 31.0. The zero-order valence-corrected chi connectivity index (χ0v) is 31.8. The van der Waals surface area contributed by atoms with Crippen molar-refractivity contribution in [2.75, 3.05) is 29.9 Å². The number of aryl methyl sites for hydroxylation is 1. The number of allylic oxidation sites excluding steroid dienone is 5. The molecule has 282 valence electrons. The number of rotatable bonds is 11. The van der Waals surface area contributed by atoms with Crippen molar-refractivity contribution in [3.05, 3.63) is 156 Å². The molecule has 5 aromatic carbocycles. The molecule has 0 aromatic heterocycles. The largest absolute Gasteiger partial charge is 0.472 e. The number of fused-ring (bicyclic) bond motifs is 1. The summed E-state index contributed by atoms with van der Waals surface area (Å²) >= 11 is 0. The van der Waals surface area contributed by atoms with Gasteiger partial charge in [-0.2, -0.15) is 17.7 Å². The highest BCUT2D eigenvalue weighted by Crippen LogP contribution is 2.38. The molecular weight excluding hydrogens is 722 g/mol. The van der Waals surface area contributed by atoms with Gasteiger partial charge in [-0.25, -0.2) is 13.1 Å². The summed E-state index contributed by atoms with van der Waals surface area (Å²) in [6, 6.07) is 35.1. The molecule has 6 rings (SSSR count). The number of alkyl halides is 3. The van der Waals surface area contributed by atoms with Crippen LogP contribution in [0.3, 0.4) is 0 Å². The molecule has 0 saturated carbocycles. The van der Waals surface area contributed by atoms with E-state index in [1.807, 2.05) is 35.8 Å². The first kappa shape index (κ1) is 38.8. The fraction of sp³-hybridized carbons (Fsp3) is 0.182. The van der Waals surface area contributed by atoms with E-state index in [-0.39, 0.29) is 0 Å². The minimum Gasteiger partial charge on any atom is -0.385 e. The lowest BCUT2D eigenvalue weighted by molar-refractivity contribution is -0.434. The lowest BCUT2D eigenvalue weighted by Crippen LogP contribution is -2.40. The van der Waals surface area contributed by atoms with Gasteiger partial charge in [0, 0.05) is 59.8 Å². The van der Waals surface area contributed by atoms with Crippen molar-refractivity contribution in [1.82, 2.24) is 4.72 Å². The smallest absolute Gasteiger partial charge is 0.385 e. The lowest BCUT2D eigenvalue weighted by atomic mass is 9.87. The van der Waals surface area contributed by atoms with E-state index in [0.29, 0.717) is 12.2 Å². The van der Waals surface area contributed by atoms with Gasteiger partial charge in [0.25, 0.3) is 10.0 Å². The Balaban J connectivity index is 1.41. The van der Waals surface area contributed by atoms with Gasteiger partial charge in [0.05, 0.1) is 4.90 Å². The summed E-state index contributed by atoms with van der Waals surface area (Å²) in [6.07, 6.45) is 2.77. The minimum absolute atomic E-state index is 0.459. The van der Waals surface area contributed by atoms with Crippen LogP contribution in [0.1, 0.15) is 37.5 Å². The fourth-order valence-corrected chi connectivity index (χ4v) is 7.72. The molecule has 11 heteroatoms. The molecule has 0 fully saturated rings. The van der Waals surface area contributed by atoms with Crippen LogP contribution in [0.25, 0.3) is 16.3 Å². The second-order valence-corrected chi connectivity index (χ2v) is 14.6. The summed E-state index contributed by atoms with van der Waals surface area (Å²) in [6.45, 7) is 10.3. The Morgan fingerprint density at radius 2 is 1.35 bits per heavy atom. The van der Waals surface area contributed by atoms with Crippen molar-refractivity contribution >= 4 is 60.7 Å². The van der Waals surface area contributed by atoms with Gasteiger partial charge in [0.1, 0.15) is 6.54 Å². The summed E-state index contributed by atoms with van der Waals surface area (Å²) in [5.41, 5.74) is 10.1. The van der Waals surface area contributed by atoms with Gasteiger partial charge in [0.15, 0.2) is 0 Å². The van der Waals surface area contributed by atoms with Crippen LogP contribution in [-0.4, -0.2) is 50.4 Å². The molecule has 2 N–H and O–H groups in total. The first-order chi connectivity index (χ1) is 26.3. The van der Waals surface area contributed by atoms with Gasteiger partial charge in [-0.1, -0.05) is 60.2 Å². The molecule has 55 heavy (non-hydrogen) atoms. The number of benzene rings is 5. The molecule has 5 aromatic rings. The number of carbonyl (C=O) groups excluding carboxylic acids is 1. The van der Waals surface area contributed by atoms with Crippen LogP contribution in [0.5, 0.6) is 0 Å². The molecule has 0 aliphatic heterocycles. The van der Waals surface area contributed by atoms with E-state index < -0.39 is 27.0 Å². The fourth-order valence-electron chi connectivity index (χ4n) is 6.75. The van der Waals surface area contributed by atoms with Crippen molar-refractivity contribution in [3.8, 4) is 0 Å². The highest BCUT2D eigenvalue weighted by molar-refractivity contribution is 7.90. The van der Waals surface area contributed by atoms with Crippen LogP contribution in [0, 0.1) is 6.92 Å². The first-order valence-electron chi connectivity index (χ1n) is 18.0. The average Bonchev–Trinajstić information content (AvgIpc) is 3.18. The molecule has 1 amide bonds. The van der Waals surface area contributed by atoms with Crippen LogP contribution in [-0.2, 0) is 14.8 Å². The van der Waals surface area contributed by atoms with Crippen LogP contribution >= 0.6 is 0 Å². The number of anilines is 3. The monoisotopic (exact) mass is 763 g/mol. The lowest BCUT2D eigenvalue weighted by Gasteiger charge is -2.24. The molecule has 0 heterocycles. The number of halogens is 3. The maximum Gasteiger partial charge on any atom is 0.472 e. The van der Waals surface area contributed by atoms with E-state index in [2.05, 4.69) is 116 Å². The summed E-state index contributed by atoms with van der Waals surface area (Å²) in [7, 11) is -4.72. The number of carbonyl (C=O) groups is 1. The quantitative estimate of drug-likeness (QED) is 0.131. The molecule has 0 saturated heterocycles. The third kappa shape index (κ3) is 8.42. The Morgan fingerprint density at radius 3 is 1.91 bits per heavy atom. The maximum atomic E-state index is 12.7. The predicted octanol–water partition coefficient (Wildman–Crippen LogP) is 9.84. The molecular formula is C44H42F3N4O3S+. The van der Waals surface area contributed by atoms with Crippen LogP contribution < -0.4 is 14.9 Å². The van der Waals surface area contributed by atoms with Gasteiger partial charge in [-0.3, -0.25) is 4.79 Å². The molecule has 0 spiro atoms. The standard InChI is InChI=1S/C44H41F3N4O3S/c1-5-48-41-29-28-40(38-10-8-9-11-39(38)41)42(31-14-20-34(21-15-31)50(6-2)33-18-12-30(4)13-19-33)32-16-22-35(23-17-32)51(7-3)36-24-26-37(27-25-36)55(53,54)49-43(52)44(45,46)47/h8-29H,5-7H2,1-4H3,(H,49,52)/p+1. The number of sulfonamides is 1. The van der Waals surface area contributed by atoms with Gasteiger partial charge < -0.3 is 10.2 Å². The van der Waals surface area contributed by atoms with E-state index in [9.17, 15) is 26.4 Å². The topological polar surface area (TPSA) is 81.5 Å². The zero-order chi connectivity index (χ0) is 39.3. The van der Waals surface area contributed by atoms with Gasteiger partial charge in [-0.05, 0) is 110 Å². The first-order valence-corrected chi connectivity index (χ1v) is 19.5. The van der Waals surface area contributed by atoms with Crippen molar-refractivity contribution in [3.63, 3.8) is 0 Å². The second-order valence-electron chi connectivity index (χ2n) is 13.0. The number of amides is 1. The Morgan fingerprint density at radius 1 is 0.745 bits per heavy atom. The van der Waals surface area contributed by atoms with Crippen molar-refractivity contribution in [2.24, 2.45) is 0 Å². The molecule has 0 unspecified atom stereocenters.